The Bertz CT molecular complexity index is 748. The van der Waals surface area contributed by atoms with Gasteiger partial charge in [-0.3, -0.25) is 0 Å². The second-order valence-corrected chi connectivity index (χ2v) is 7.06. The van der Waals surface area contributed by atoms with Gasteiger partial charge in [-0.05, 0) is 24.3 Å². The molecule has 0 spiro atoms. The standard InChI is InChI=1S/C16H8Br2Cl2N2/c17-11-5-1-9(2-6-11)13-14(22-16(20)15(19)21-13)10-3-7-12(18)8-4-10/h1-8H. The summed E-state index contributed by atoms with van der Waals surface area (Å²) in [5, 5.41) is 0.390. The summed E-state index contributed by atoms with van der Waals surface area (Å²) in [7, 11) is 0. The van der Waals surface area contributed by atoms with Crippen molar-refractivity contribution in [2.45, 2.75) is 0 Å². The van der Waals surface area contributed by atoms with E-state index in [4.69, 9.17) is 23.2 Å². The molecule has 2 aromatic carbocycles. The molecule has 0 unspecified atom stereocenters. The molecular formula is C16H8Br2Cl2N2. The third-order valence-electron chi connectivity index (χ3n) is 3.05. The first kappa shape index (κ1) is 15.9. The van der Waals surface area contributed by atoms with Gasteiger partial charge in [-0.25, -0.2) is 9.97 Å². The van der Waals surface area contributed by atoms with E-state index < -0.39 is 0 Å². The minimum Gasteiger partial charge on any atom is -0.231 e. The number of nitrogens with zero attached hydrogens (tertiary/aromatic N) is 2. The van der Waals surface area contributed by atoms with Crippen molar-refractivity contribution in [2.24, 2.45) is 0 Å². The SMILES string of the molecule is Clc1nc(-c2ccc(Br)cc2)c(-c2ccc(Br)cc2)nc1Cl. The Morgan fingerprint density at radius 3 is 1.23 bits per heavy atom. The van der Waals surface area contributed by atoms with Crippen molar-refractivity contribution in [3.8, 4) is 22.5 Å². The average molecular weight is 459 g/mol. The number of hydrogen-bond donors (Lipinski definition) is 0. The number of halogens is 4. The zero-order valence-corrected chi connectivity index (χ0v) is 15.7. The largest absolute Gasteiger partial charge is 0.231 e. The predicted octanol–water partition coefficient (Wildman–Crippen LogP) is 6.64. The van der Waals surface area contributed by atoms with Gasteiger partial charge in [0.15, 0.2) is 10.3 Å². The van der Waals surface area contributed by atoms with Crippen molar-refractivity contribution in [3.05, 3.63) is 67.8 Å². The van der Waals surface area contributed by atoms with Gasteiger partial charge in [-0.2, -0.15) is 0 Å². The Balaban J connectivity index is 2.22. The fourth-order valence-electron chi connectivity index (χ4n) is 2.01. The third kappa shape index (κ3) is 3.35. The maximum Gasteiger partial charge on any atom is 0.167 e. The van der Waals surface area contributed by atoms with Gasteiger partial charge in [0.2, 0.25) is 0 Å². The van der Waals surface area contributed by atoms with E-state index in [9.17, 15) is 0 Å². The van der Waals surface area contributed by atoms with Gasteiger partial charge in [-0.1, -0.05) is 79.3 Å². The van der Waals surface area contributed by atoms with E-state index in [0.717, 1.165) is 20.1 Å². The molecule has 0 N–H and O–H groups in total. The molecule has 0 atom stereocenters. The maximum absolute atomic E-state index is 6.06. The lowest BCUT2D eigenvalue weighted by Gasteiger charge is -2.10. The molecule has 0 aliphatic heterocycles. The van der Waals surface area contributed by atoms with Crippen LogP contribution in [0, 0.1) is 0 Å². The molecule has 3 rings (SSSR count). The van der Waals surface area contributed by atoms with Crippen LogP contribution in [0.1, 0.15) is 0 Å². The summed E-state index contributed by atoms with van der Waals surface area (Å²) < 4.78 is 1.99. The summed E-state index contributed by atoms with van der Waals surface area (Å²) in [6, 6.07) is 15.6. The van der Waals surface area contributed by atoms with Gasteiger partial charge in [0, 0.05) is 20.1 Å². The number of aromatic nitrogens is 2. The van der Waals surface area contributed by atoms with Gasteiger partial charge in [0.05, 0.1) is 11.4 Å². The fraction of sp³-hybridized carbons (Fsp3) is 0. The highest BCUT2D eigenvalue weighted by Gasteiger charge is 2.15. The Morgan fingerprint density at radius 2 is 0.909 bits per heavy atom. The predicted molar refractivity (Wildman–Crippen MR) is 98.3 cm³/mol. The van der Waals surface area contributed by atoms with Crippen LogP contribution in [0.2, 0.25) is 10.3 Å². The zero-order chi connectivity index (χ0) is 15.7. The molecule has 0 aliphatic rings. The Hall–Kier alpha value is -0.940. The molecule has 110 valence electrons. The summed E-state index contributed by atoms with van der Waals surface area (Å²) in [6.45, 7) is 0. The van der Waals surface area contributed by atoms with E-state index >= 15 is 0 Å². The van der Waals surface area contributed by atoms with E-state index in [-0.39, 0.29) is 10.3 Å². The van der Waals surface area contributed by atoms with Gasteiger partial charge in [-0.15, -0.1) is 0 Å². The van der Waals surface area contributed by atoms with Crippen LogP contribution >= 0.6 is 55.1 Å². The molecule has 2 nitrogen and oxygen atoms in total. The molecule has 1 aromatic heterocycles. The van der Waals surface area contributed by atoms with Crippen molar-refractivity contribution < 1.29 is 0 Å². The van der Waals surface area contributed by atoms with Gasteiger partial charge < -0.3 is 0 Å². The molecule has 0 radical (unpaired) electrons. The minimum atomic E-state index is 0.195. The van der Waals surface area contributed by atoms with Crippen LogP contribution < -0.4 is 0 Å². The van der Waals surface area contributed by atoms with Crippen LogP contribution in [0.3, 0.4) is 0 Å². The summed E-state index contributed by atoms with van der Waals surface area (Å²) in [4.78, 5) is 8.83. The van der Waals surface area contributed by atoms with Crippen LogP contribution in [0.15, 0.2) is 57.5 Å². The summed E-state index contributed by atoms with van der Waals surface area (Å²) in [5.41, 5.74) is 3.24. The van der Waals surface area contributed by atoms with Crippen LogP contribution in [0.4, 0.5) is 0 Å². The normalized spacial score (nSPS) is 10.7. The van der Waals surface area contributed by atoms with Gasteiger partial charge in [0.1, 0.15) is 0 Å². The molecule has 0 bridgehead atoms. The molecule has 6 heteroatoms. The summed E-state index contributed by atoms with van der Waals surface area (Å²) in [5.74, 6) is 0. The van der Waals surface area contributed by atoms with E-state index in [1.54, 1.807) is 0 Å². The number of benzene rings is 2. The molecule has 1 heterocycles. The lowest BCUT2D eigenvalue weighted by atomic mass is 10.0. The van der Waals surface area contributed by atoms with E-state index in [0.29, 0.717) is 11.4 Å². The van der Waals surface area contributed by atoms with Crippen LogP contribution in [-0.4, -0.2) is 9.97 Å². The highest BCUT2D eigenvalue weighted by atomic mass is 79.9. The minimum absolute atomic E-state index is 0.195. The lowest BCUT2D eigenvalue weighted by molar-refractivity contribution is 1.21. The number of hydrogen-bond acceptors (Lipinski definition) is 2. The monoisotopic (exact) mass is 456 g/mol. The van der Waals surface area contributed by atoms with Crippen molar-refractivity contribution in [2.75, 3.05) is 0 Å². The third-order valence-corrected chi connectivity index (χ3v) is 4.73. The Morgan fingerprint density at radius 1 is 0.591 bits per heavy atom. The molecule has 0 fully saturated rings. The molecule has 0 saturated heterocycles. The van der Waals surface area contributed by atoms with Crippen molar-refractivity contribution in [3.63, 3.8) is 0 Å². The smallest absolute Gasteiger partial charge is 0.167 e. The van der Waals surface area contributed by atoms with Crippen molar-refractivity contribution in [1.82, 2.24) is 9.97 Å². The first-order chi connectivity index (χ1) is 10.5. The quantitative estimate of drug-likeness (QED) is 0.430. The highest BCUT2D eigenvalue weighted by molar-refractivity contribution is 9.10. The van der Waals surface area contributed by atoms with Crippen molar-refractivity contribution in [1.29, 1.82) is 0 Å². The molecular weight excluding hydrogens is 451 g/mol. The lowest BCUT2D eigenvalue weighted by Crippen LogP contribution is -1.95. The van der Waals surface area contributed by atoms with Gasteiger partial charge in [0.25, 0.3) is 0 Å². The Kier molecular flexibility index (Phi) is 4.83. The van der Waals surface area contributed by atoms with Crippen LogP contribution in [-0.2, 0) is 0 Å². The maximum atomic E-state index is 6.06. The molecule has 0 amide bonds. The summed E-state index contributed by atoms with van der Waals surface area (Å²) >= 11 is 19.0. The average Bonchev–Trinajstić information content (AvgIpc) is 2.51. The van der Waals surface area contributed by atoms with Gasteiger partial charge >= 0.3 is 0 Å². The highest BCUT2D eigenvalue weighted by Crippen LogP contribution is 2.33. The Labute approximate surface area is 154 Å². The second kappa shape index (κ2) is 6.67. The topological polar surface area (TPSA) is 25.8 Å². The first-order valence-electron chi connectivity index (χ1n) is 6.29. The van der Waals surface area contributed by atoms with E-state index in [2.05, 4.69) is 41.8 Å². The van der Waals surface area contributed by atoms with E-state index in [1.807, 2.05) is 48.5 Å². The fourth-order valence-corrected chi connectivity index (χ4v) is 2.79. The van der Waals surface area contributed by atoms with Crippen LogP contribution in [0.25, 0.3) is 22.5 Å². The molecule has 0 saturated carbocycles. The zero-order valence-electron chi connectivity index (χ0n) is 11.0. The number of rotatable bonds is 2. The molecule has 0 aliphatic carbocycles. The van der Waals surface area contributed by atoms with Crippen molar-refractivity contribution >= 4 is 55.1 Å². The van der Waals surface area contributed by atoms with E-state index in [1.165, 1.54) is 0 Å². The summed E-state index contributed by atoms with van der Waals surface area (Å²) in [6.07, 6.45) is 0. The first-order valence-corrected chi connectivity index (χ1v) is 8.64. The molecule has 22 heavy (non-hydrogen) atoms. The van der Waals surface area contributed by atoms with Crippen LogP contribution in [0.5, 0.6) is 0 Å². The second-order valence-electron chi connectivity index (χ2n) is 4.52. The molecule has 3 aromatic rings.